The fourth-order valence-electron chi connectivity index (χ4n) is 3.72. The Morgan fingerprint density at radius 3 is 2.67 bits per heavy atom. The summed E-state index contributed by atoms with van der Waals surface area (Å²) in [7, 11) is 3.08. The second-order valence-corrected chi connectivity index (χ2v) is 8.36. The van der Waals surface area contributed by atoms with E-state index in [-0.39, 0.29) is 5.91 Å². The number of carbonyl (C=O) groups excluding carboxylic acids is 1. The normalized spacial score (nSPS) is 13.4. The number of hydrogen-bond donors (Lipinski definition) is 2. The maximum absolute atomic E-state index is 12.3. The van der Waals surface area contributed by atoms with Gasteiger partial charge >= 0.3 is 0 Å². The molecule has 0 aliphatic heterocycles. The minimum atomic E-state index is -0.454. The molecule has 0 atom stereocenters. The van der Waals surface area contributed by atoms with Crippen LogP contribution in [0.1, 0.15) is 39.2 Å². The van der Waals surface area contributed by atoms with Gasteiger partial charge in [-0.05, 0) is 48.9 Å². The molecule has 158 valence electrons. The van der Waals surface area contributed by atoms with Crippen molar-refractivity contribution >= 4 is 33.3 Å². The standard InChI is InChI=1S/C22H26N4O3S/c1-28-18(29-2)12-24-21(27)15-9-7-14(8-10-15)11-23-20-19-16-5-3-4-6-17(16)30-22(19)26-13-25-20/h7-10,13,18H,3-6,11-12H2,1-2H3,(H,24,27)(H,23,25,26). The van der Waals surface area contributed by atoms with E-state index in [2.05, 4.69) is 20.6 Å². The van der Waals surface area contributed by atoms with Gasteiger partial charge < -0.3 is 20.1 Å². The summed E-state index contributed by atoms with van der Waals surface area (Å²) in [4.78, 5) is 23.8. The summed E-state index contributed by atoms with van der Waals surface area (Å²) >= 11 is 1.80. The average Bonchev–Trinajstić information content (AvgIpc) is 3.18. The van der Waals surface area contributed by atoms with Crippen molar-refractivity contribution < 1.29 is 14.3 Å². The predicted octanol–water partition coefficient (Wildman–Crippen LogP) is 3.53. The number of ether oxygens (including phenoxy) is 2. The lowest BCUT2D eigenvalue weighted by atomic mass is 9.97. The first kappa shape index (κ1) is 20.7. The van der Waals surface area contributed by atoms with Crippen LogP contribution in [-0.4, -0.2) is 42.9 Å². The first-order valence-electron chi connectivity index (χ1n) is 10.1. The molecule has 0 unspecified atom stereocenters. The predicted molar refractivity (Wildman–Crippen MR) is 118 cm³/mol. The molecule has 8 heteroatoms. The van der Waals surface area contributed by atoms with Gasteiger partial charge in [0.25, 0.3) is 5.91 Å². The van der Waals surface area contributed by atoms with Crippen molar-refractivity contribution in [3.8, 4) is 0 Å². The molecule has 1 aromatic carbocycles. The van der Waals surface area contributed by atoms with Crippen LogP contribution in [0, 0.1) is 0 Å². The van der Waals surface area contributed by atoms with Crippen LogP contribution in [0.2, 0.25) is 0 Å². The lowest BCUT2D eigenvalue weighted by molar-refractivity contribution is -0.0974. The molecule has 7 nitrogen and oxygen atoms in total. The van der Waals surface area contributed by atoms with E-state index in [0.29, 0.717) is 18.7 Å². The Morgan fingerprint density at radius 1 is 1.13 bits per heavy atom. The molecule has 30 heavy (non-hydrogen) atoms. The van der Waals surface area contributed by atoms with Gasteiger partial charge in [-0.25, -0.2) is 9.97 Å². The highest BCUT2D eigenvalue weighted by atomic mass is 32.1. The number of fused-ring (bicyclic) bond motifs is 3. The molecule has 4 rings (SSSR count). The van der Waals surface area contributed by atoms with Crippen LogP contribution < -0.4 is 10.6 Å². The van der Waals surface area contributed by atoms with Gasteiger partial charge in [-0.15, -0.1) is 11.3 Å². The summed E-state index contributed by atoms with van der Waals surface area (Å²) in [5, 5.41) is 7.45. The molecule has 2 N–H and O–H groups in total. The third kappa shape index (κ3) is 4.45. The van der Waals surface area contributed by atoms with Gasteiger partial charge in [-0.2, -0.15) is 0 Å². The minimum absolute atomic E-state index is 0.156. The lowest BCUT2D eigenvalue weighted by Crippen LogP contribution is -2.34. The van der Waals surface area contributed by atoms with Gasteiger partial charge in [0, 0.05) is 31.2 Å². The second-order valence-electron chi connectivity index (χ2n) is 7.27. The smallest absolute Gasteiger partial charge is 0.251 e. The molecule has 1 aliphatic carbocycles. The van der Waals surface area contributed by atoms with Crippen LogP contribution in [0.5, 0.6) is 0 Å². The number of rotatable bonds is 8. The van der Waals surface area contributed by atoms with Crippen molar-refractivity contribution in [2.75, 3.05) is 26.1 Å². The van der Waals surface area contributed by atoms with Gasteiger partial charge in [0.05, 0.1) is 11.9 Å². The molecule has 3 aromatic rings. The van der Waals surface area contributed by atoms with Crippen LogP contribution >= 0.6 is 11.3 Å². The molecule has 2 aromatic heterocycles. The van der Waals surface area contributed by atoms with E-state index in [4.69, 9.17) is 9.47 Å². The number of benzene rings is 1. The Hall–Kier alpha value is -2.55. The average molecular weight is 427 g/mol. The van der Waals surface area contributed by atoms with E-state index < -0.39 is 6.29 Å². The van der Waals surface area contributed by atoms with Crippen LogP contribution in [0.3, 0.4) is 0 Å². The largest absolute Gasteiger partial charge is 0.365 e. The first-order chi connectivity index (χ1) is 14.7. The summed E-state index contributed by atoms with van der Waals surface area (Å²) < 4.78 is 10.2. The number of nitrogens with one attached hydrogen (secondary N) is 2. The van der Waals surface area contributed by atoms with Gasteiger partial charge in [0.1, 0.15) is 17.0 Å². The number of hydrogen-bond acceptors (Lipinski definition) is 7. The zero-order chi connectivity index (χ0) is 20.9. The van der Waals surface area contributed by atoms with E-state index in [1.807, 2.05) is 24.3 Å². The third-order valence-electron chi connectivity index (χ3n) is 5.38. The molecule has 2 heterocycles. The maximum Gasteiger partial charge on any atom is 0.251 e. The highest BCUT2D eigenvalue weighted by Crippen LogP contribution is 2.38. The summed E-state index contributed by atoms with van der Waals surface area (Å²) in [5.41, 5.74) is 3.09. The van der Waals surface area contributed by atoms with Crippen molar-refractivity contribution in [2.24, 2.45) is 0 Å². The topological polar surface area (TPSA) is 85.4 Å². The molecule has 1 aliphatic rings. The number of aromatic nitrogens is 2. The Bertz CT molecular complexity index is 1020. The summed E-state index contributed by atoms with van der Waals surface area (Å²) in [6, 6.07) is 7.55. The molecule has 0 saturated heterocycles. The van der Waals surface area contributed by atoms with Crippen molar-refractivity contribution in [1.29, 1.82) is 0 Å². The Morgan fingerprint density at radius 2 is 1.90 bits per heavy atom. The number of methoxy groups -OCH3 is 2. The number of carbonyl (C=O) groups is 1. The fraction of sp³-hybridized carbons (Fsp3) is 0.409. The van der Waals surface area contributed by atoms with Gasteiger partial charge in [0.15, 0.2) is 6.29 Å². The third-order valence-corrected chi connectivity index (χ3v) is 6.58. The van der Waals surface area contributed by atoms with Gasteiger partial charge in [0.2, 0.25) is 0 Å². The maximum atomic E-state index is 12.3. The van der Waals surface area contributed by atoms with Crippen LogP contribution in [0.15, 0.2) is 30.6 Å². The molecule has 0 fully saturated rings. The molecule has 0 spiro atoms. The Kier molecular flexibility index (Phi) is 6.56. The van der Waals surface area contributed by atoms with Crippen molar-refractivity contribution in [3.63, 3.8) is 0 Å². The minimum Gasteiger partial charge on any atom is -0.365 e. The van der Waals surface area contributed by atoms with Crippen LogP contribution in [0.4, 0.5) is 5.82 Å². The lowest BCUT2D eigenvalue weighted by Gasteiger charge is -2.14. The van der Waals surface area contributed by atoms with E-state index in [1.54, 1.807) is 31.9 Å². The number of anilines is 1. The van der Waals surface area contributed by atoms with E-state index in [1.165, 1.54) is 28.7 Å². The highest BCUT2D eigenvalue weighted by molar-refractivity contribution is 7.19. The van der Waals surface area contributed by atoms with Crippen molar-refractivity contribution in [2.45, 2.75) is 38.5 Å². The van der Waals surface area contributed by atoms with Crippen LogP contribution in [0.25, 0.3) is 10.2 Å². The van der Waals surface area contributed by atoms with E-state index in [9.17, 15) is 4.79 Å². The van der Waals surface area contributed by atoms with Crippen molar-refractivity contribution in [1.82, 2.24) is 15.3 Å². The number of amides is 1. The van der Waals surface area contributed by atoms with Crippen molar-refractivity contribution in [3.05, 3.63) is 52.2 Å². The molecule has 0 saturated carbocycles. The second kappa shape index (κ2) is 9.51. The van der Waals surface area contributed by atoms with Crippen LogP contribution in [-0.2, 0) is 28.9 Å². The number of thiophene rings is 1. The fourth-order valence-corrected chi connectivity index (χ4v) is 4.95. The monoisotopic (exact) mass is 426 g/mol. The quantitative estimate of drug-likeness (QED) is 0.536. The number of aryl methyl sites for hydroxylation is 2. The van der Waals surface area contributed by atoms with E-state index >= 15 is 0 Å². The Labute approximate surface area is 179 Å². The molecule has 0 bridgehead atoms. The Balaban J connectivity index is 1.41. The molecule has 1 amide bonds. The molecule has 0 radical (unpaired) electrons. The SMILES string of the molecule is COC(CNC(=O)c1ccc(CNc2ncnc3sc4c(c23)CCCC4)cc1)OC. The summed E-state index contributed by atoms with van der Waals surface area (Å²) in [5.74, 6) is 0.738. The molecular weight excluding hydrogens is 400 g/mol. The molecular formula is C22H26N4O3S. The van der Waals surface area contributed by atoms with Gasteiger partial charge in [-0.1, -0.05) is 12.1 Å². The first-order valence-corrected chi connectivity index (χ1v) is 10.9. The zero-order valence-electron chi connectivity index (χ0n) is 17.2. The highest BCUT2D eigenvalue weighted by Gasteiger charge is 2.19. The zero-order valence-corrected chi connectivity index (χ0v) is 18.1. The van der Waals surface area contributed by atoms with E-state index in [0.717, 1.165) is 29.1 Å². The van der Waals surface area contributed by atoms with Gasteiger partial charge in [-0.3, -0.25) is 4.79 Å². The summed E-state index contributed by atoms with van der Waals surface area (Å²) in [6.07, 6.45) is 5.92. The number of nitrogens with zero attached hydrogens (tertiary/aromatic N) is 2. The summed E-state index contributed by atoms with van der Waals surface area (Å²) in [6.45, 7) is 0.928.